The third-order valence-corrected chi connectivity index (χ3v) is 5.33. The van der Waals surface area contributed by atoms with E-state index < -0.39 is 0 Å². The standard InChI is InChI=1S/C17H22BrNOS/c1-5-19-17(11(2)3)16-9-8-15(21-16)12-6-7-13(18)14(10-12)20-4/h6-11,17,19H,5H2,1-4H3. The summed E-state index contributed by atoms with van der Waals surface area (Å²) in [5.74, 6) is 1.45. The molecular weight excluding hydrogens is 346 g/mol. The van der Waals surface area contributed by atoms with Crippen LogP contribution in [-0.4, -0.2) is 13.7 Å². The Morgan fingerprint density at radius 2 is 2.00 bits per heavy atom. The van der Waals surface area contributed by atoms with Gasteiger partial charge in [0.05, 0.1) is 11.6 Å². The first-order valence-electron chi connectivity index (χ1n) is 7.23. The van der Waals surface area contributed by atoms with Crippen LogP contribution in [0.5, 0.6) is 5.75 Å². The quantitative estimate of drug-likeness (QED) is 0.728. The van der Waals surface area contributed by atoms with Crippen molar-refractivity contribution in [3.05, 3.63) is 39.7 Å². The van der Waals surface area contributed by atoms with Gasteiger partial charge < -0.3 is 10.1 Å². The van der Waals surface area contributed by atoms with Crippen molar-refractivity contribution < 1.29 is 4.74 Å². The summed E-state index contributed by atoms with van der Waals surface area (Å²) in [7, 11) is 1.70. The van der Waals surface area contributed by atoms with Crippen molar-refractivity contribution in [1.29, 1.82) is 0 Å². The van der Waals surface area contributed by atoms with Crippen LogP contribution < -0.4 is 10.1 Å². The number of thiophene rings is 1. The molecule has 2 rings (SSSR count). The first-order valence-corrected chi connectivity index (χ1v) is 8.84. The van der Waals surface area contributed by atoms with Crippen LogP contribution in [0.4, 0.5) is 0 Å². The fourth-order valence-electron chi connectivity index (χ4n) is 2.37. The molecule has 0 aliphatic heterocycles. The van der Waals surface area contributed by atoms with Gasteiger partial charge in [0.2, 0.25) is 0 Å². The molecule has 0 aliphatic rings. The predicted molar refractivity (Wildman–Crippen MR) is 95.3 cm³/mol. The molecule has 1 atom stereocenters. The maximum atomic E-state index is 5.38. The van der Waals surface area contributed by atoms with Gasteiger partial charge in [-0.25, -0.2) is 0 Å². The van der Waals surface area contributed by atoms with Crippen molar-refractivity contribution in [1.82, 2.24) is 5.32 Å². The van der Waals surface area contributed by atoms with E-state index in [1.54, 1.807) is 7.11 Å². The Balaban J connectivity index is 2.30. The highest BCUT2D eigenvalue weighted by Crippen LogP contribution is 2.37. The van der Waals surface area contributed by atoms with Crippen LogP contribution in [0.1, 0.15) is 31.7 Å². The van der Waals surface area contributed by atoms with Gasteiger partial charge in [0.1, 0.15) is 5.75 Å². The smallest absolute Gasteiger partial charge is 0.133 e. The number of nitrogens with one attached hydrogen (secondary N) is 1. The van der Waals surface area contributed by atoms with Crippen molar-refractivity contribution in [2.75, 3.05) is 13.7 Å². The summed E-state index contributed by atoms with van der Waals surface area (Å²) >= 11 is 5.35. The van der Waals surface area contributed by atoms with Gasteiger partial charge >= 0.3 is 0 Å². The van der Waals surface area contributed by atoms with Gasteiger partial charge in [-0.3, -0.25) is 0 Å². The lowest BCUT2D eigenvalue weighted by Gasteiger charge is -2.20. The molecule has 0 radical (unpaired) electrons. The molecule has 0 saturated heterocycles. The highest BCUT2D eigenvalue weighted by molar-refractivity contribution is 9.10. The molecule has 0 aliphatic carbocycles. The Bertz CT molecular complexity index is 594. The minimum Gasteiger partial charge on any atom is -0.496 e. The molecule has 4 heteroatoms. The van der Waals surface area contributed by atoms with E-state index in [0.29, 0.717) is 12.0 Å². The minimum absolute atomic E-state index is 0.422. The van der Waals surface area contributed by atoms with Crippen LogP contribution in [0.25, 0.3) is 10.4 Å². The summed E-state index contributed by atoms with van der Waals surface area (Å²) in [5, 5.41) is 3.57. The van der Waals surface area contributed by atoms with Crippen LogP contribution in [0, 0.1) is 5.92 Å². The van der Waals surface area contributed by atoms with E-state index in [1.165, 1.54) is 15.3 Å². The van der Waals surface area contributed by atoms with Crippen molar-refractivity contribution in [3.63, 3.8) is 0 Å². The van der Waals surface area contributed by atoms with Gasteiger partial charge in [-0.2, -0.15) is 0 Å². The van der Waals surface area contributed by atoms with E-state index in [2.05, 4.69) is 66.3 Å². The van der Waals surface area contributed by atoms with Crippen LogP contribution in [0.2, 0.25) is 0 Å². The van der Waals surface area contributed by atoms with Crippen LogP contribution in [0.15, 0.2) is 34.8 Å². The van der Waals surface area contributed by atoms with Gasteiger partial charge in [0.25, 0.3) is 0 Å². The Kier molecular flexibility index (Phi) is 5.85. The number of rotatable bonds is 6. The zero-order chi connectivity index (χ0) is 15.4. The number of ether oxygens (including phenoxy) is 1. The Hall–Kier alpha value is -0.840. The molecular formula is C17H22BrNOS. The van der Waals surface area contributed by atoms with E-state index in [9.17, 15) is 0 Å². The number of methoxy groups -OCH3 is 1. The first-order chi connectivity index (χ1) is 10.1. The Labute approximate surface area is 139 Å². The molecule has 114 valence electrons. The second kappa shape index (κ2) is 7.43. The molecule has 2 nitrogen and oxygen atoms in total. The second-order valence-electron chi connectivity index (χ2n) is 5.33. The number of hydrogen-bond donors (Lipinski definition) is 1. The second-order valence-corrected chi connectivity index (χ2v) is 7.30. The molecule has 1 N–H and O–H groups in total. The van der Waals surface area contributed by atoms with Gasteiger partial charge in [0.15, 0.2) is 0 Å². The average Bonchev–Trinajstić information content (AvgIpc) is 2.94. The predicted octanol–water partition coefficient (Wildman–Crippen LogP) is 5.49. The molecule has 0 fully saturated rings. The fourth-order valence-corrected chi connectivity index (χ4v) is 4.03. The van der Waals surface area contributed by atoms with Crippen molar-refractivity contribution in [2.24, 2.45) is 5.92 Å². The normalized spacial score (nSPS) is 12.7. The molecule has 0 bridgehead atoms. The van der Waals surface area contributed by atoms with E-state index in [4.69, 9.17) is 4.74 Å². The number of halogens is 1. The van der Waals surface area contributed by atoms with Gasteiger partial charge in [-0.05, 0) is 58.2 Å². The summed E-state index contributed by atoms with van der Waals surface area (Å²) in [6.07, 6.45) is 0. The maximum absolute atomic E-state index is 5.38. The third kappa shape index (κ3) is 3.87. The molecule has 1 unspecified atom stereocenters. The summed E-state index contributed by atoms with van der Waals surface area (Å²) in [4.78, 5) is 2.67. The molecule has 21 heavy (non-hydrogen) atoms. The largest absolute Gasteiger partial charge is 0.496 e. The monoisotopic (exact) mass is 367 g/mol. The number of hydrogen-bond acceptors (Lipinski definition) is 3. The highest BCUT2D eigenvalue weighted by Gasteiger charge is 2.17. The van der Waals surface area contributed by atoms with E-state index >= 15 is 0 Å². The molecule has 0 amide bonds. The van der Waals surface area contributed by atoms with Gasteiger partial charge in [-0.15, -0.1) is 11.3 Å². The topological polar surface area (TPSA) is 21.3 Å². The molecule has 1 aromatic carbocycles. The van der Waals surface area contributed by atoms with Crippen LogP contribution in [-0.2, 0) is 0 Å². The summed E-state index contributed by atoms with van der Waals surface area (Å²) in [6, 6.07) is 11.1. The molecule has 1 heterocycles. The maximum Gasteiger partial charge on any atom is 0.133 e. The van der Waals surface area contributed by atoms with Crippen LogP contribution >= 0.6 is 27.3 Å². The van der Waals surface area contributed by atoms with Crippen molar-refractivity contribution >= 4 is 27.3 Å². The van der Waals surface area contributed by atoms with Crippen molar-refractivity contribution in [3.8, 4) is 16.2 Å². The molecule has 2 aromatic rings. The van der Waals surface area contributed by atoms with Crippen molar-refractivity contribution in [2.45, 2.75) is 26.8 Å². The molecule has 0 saturated carbocycles. The highest BCUT2D eigenvalue weighted by atomic mass is 79.9. The lowest BCUT2D eigenvalue weighted by atomic mass is 10.0. The Morgan fingerprint density at radius 3 is 2.62 bits per heavy atom. The number of benzene rings is 1. The van der Waals surface area contributed by atoms with Gasteiger partial charge in [0, 0.05) is 15.8 Å². The summed E-state index contributed by atoms with van der Waals surface area (Å²) < 4.78 is 6.37. The Morgan fingerprint density at radius 1 is 1.24 bits per heavy atom. The SMILES string of the molecule is CCNC(c1ccc(-c2ccc(Br)c(OC)c2)s1)C(C)C. The zero-order valence-corrected chi connectivity index (χ0v) is 15.3. The average molecular weight is 368 g/mol. The molecule has 0 spiro atoms. The molecule has 1 aromatic heterocycles. The van der Waals surface area contributed by atoms with Gasteiger partial charge in [-0.1, -0.05) is 26.8 Å². The third-order valence-electron chi connectivity index (χ3n) is 3.46. The first kappa shape index (κ1) is 16.5. The fraction of sp³-hybridized carbons (Fsp3) is 0.412. The zero-order valence-electron chi connectivity index (χ0n) is 12.9. The van der Waals surface area contributed by atoms with E-state index in [-0.39, 0.29) is 0 Å². The van der Waals surface area contributed by atoms with Crippen LogP contribution in [0.3, 0.4) is 0 Å². The van der Waals surface area contributed by atoms with E-state index in [1.807, 2.05) is 17.4 Å². The lowest BCUT2D eigenvalue weighted by Crippen LogP contribution is -2.24. The minimum atomic E-state index is 0.422. The summed E-state index contributed by atoms with van der Waals surface area (Å²) in [6.45, 7) is 7.66. The van der Waals surface area contributed by atoms with E-state index in [0.717, 1.165) is 16.8 Å². The lowest BCUT2D eigenvalue weighted by molar-refractivity contribution is 0.412. The summed E-state index contributed by atoms with van der Waals surface area (Å²) in [5.41, 5.74) is 1.20.